The summed E-state index contributed by atoms with van der Waals surface area (Å²) in [5.74, 6) is 0.452. The highest BCUT2D eigenvalue weighted by molar-refractivity contribution is 5.57. The van der Waals surface area contributed by atoms with E-state index < -0.39 is 0 Å². The third-order valence-electron chi connectivity index (χ3n) is 3.67. The number of aryl methyl sites for hydroxylation is 1. The molecule has 2 heterocycles. The highest BCUT2D eigenvalue weighted by atomic mass is 79.9. The zero-order valence-electron chi connectivity index (χ0n) is 13.7. The SMILES string of the molecule is C[n+]1ccc(Cn2ncc(/N=N/c3ccccc3CO)c2N)cc1.[Br-]. The topological polar surface area (TPSA) is 92.7 Å². The number of nitrogens with zero attached hydrogens (tertiary/aromatic N) is 5. The third kappa shape index (κ3) is 4.49. The van der Waals surface area contributed by atoms with Crippen molar-refractivity contribution in [2.24, 2.45) is 17.3 Å². The number of benzene rings is 1. The summed E-state index contributed by atoms with van der Waals surface area (Å²) in [6.07, 6.45) is 5.53. The lowest BCUT2D eigenvalue weighted by Crippen LogP contribution is -3.00. The molecule has 3 N–H and O–H groups in total. The molecular formula is C17H19BrN6O. The van der Waals surface area contributed by atoms with Crippen LogP contribution in [-0.2, 0) is 20.2 Å². The standard InChI is InChI=1S/C17H19N6O.BrH/c1-22-8-6-13(7-9-22)11-23-17(18)16(10-19-23)21-20-15-5-3-2-4-14(15)12-24;/h2-10,24H,11-12,18H2,1H3;1H/q+1;/p-1/b21-20+;. The second-order valence-corrected chi connectivity index (χ2v) is 5.43. The van der Waals surface area contributed by atoms with Crippen LogP contribution in [0.3, 0.4) is 0 Å². The molecule has 0 fully saturated rings. The Bertz CT molecular complexity index is 860. The Morgan fingerprint density at radius 3 is 2.52 bits per heavy atom. The lowest BCUT2D eigenvalue weighted by Gasteiger charge is -2.03. The summed E-state index contributed by atoms with van der Waals surface area (Å²) < 4.78 is 3.65. The van der Waals surface area contributed by atoms with Crippen LogP contribution < -0.4 is 27.3 Å². The Hall–Kier alpha value is -2.58. The summed E-state index contributed by atoms with van der Waals surface area (Å²) >= 11 is 0. The second-order valence-electron chi connectivity index (χ2n) is 5.43. The normalized spacial score (nSPS) is 10.8. The molecule has 0 saturated carbocycles. The van der Waals surface area contributed by atoms with E-state index in [1.807, 2.05) is 48.3 Å². The molecule has 0 saturated heterocycles. The van der Waals surface area contributed by atoms with Gasteiger partial charge in [-0.25, -0.2) is 9.25 Å². The van der Waals surface area contributed by atoms with Gasteiger partial charge in [0.05, 0.1) is 25.0 Å². The largest absolute Gasteiger partial charge is 1.00 e. The Morgan fingerprint density at radius 2 is 1.80 bits per heavy atom. The molecule has 0 radical (unpaired) electrons. The number of rotatable bonds is 5. The molecule has 25 heavy (non-hydrogen) atoms. The third-order valence-corrected chi connectivity index (χ3v) is 3.67. The molecule has 0 bridgehead atoms. The van der Waals surface area contributed by atoms with Gasteiger partial charge < -0.3 is 27.8 Å². The number of azo groups is 1. The molecule has 130 valence electrons. The average Bonchev–Trinajstić information content (AvgIpc) is 2.95. The summed E-state index contributed by atoms with van der Waals surface area (Å²) in [6.45, 7) is 0.477. The number of hydrogen-bond donors (Lipinski definition) is 2. The van der Waals surface area contributed by atoms with E-state index in [9.17, 15) is 5.11 Å². The van der Waals surface area contributed by atoms with Crippen LogP contribution in [0.5, 0.6) is 0 Å². The summed E-state index contributed by atoms with van der Waals surface area (Å²) in [5, 5.41) is 21.9. The van der Waals surface area contributed by atoms with Gasteiger partial charge in [0, 0.05) is 17.7 Å². The Balaban J connectivity index is 0.00000225. The van der Waals surface area contributed by atoms with Crippen LogP contribution in [0.25, 0.3) is 0 Å². The maximum absolute atomic E-state index is 9.31. The highest BCUT2D eigenvalue weighted by Crippen LogP contribution is 2.26. The minimum absolute atomic E-state index is 0. The first kappa shape index (κ1) is 18.8. The Morgan fingerprint density at radius 1 is 1.12 bits per heavy atom. The minimum Gasteiger partial charge on any atom is -1.00 e. The fourth-order valence-electron chi connectivity index (χ4n) is 2.25. The van der Waals surface area contributed by atoms with E-state index >= 15 is 0 Å². The fourth-order valence-corrected chi connectivity index (χ4v) is 2.25. The molecule has 8 heteroatoms. The summed E-state index contributed by atoms with van der Waals surface area (Å²) in [6, 6.07) is 11.3. The van der Waals surface area contributed by atoms with Gasteiger partial charge in [0.25, 0.3) is 0 Å². The molecule has 0 unspecified atom stereocenters. The van der Waals surface area contributed by atoms with Gasteiger partial charge in [-0.05, 0) is 11.6 Å². The molecule has 0 atom stereocenters. The predicted molar refractivity (Wildman–Crippen MR) is 89.9 cm³/mol. The van der Waals surface area contributed by atoms with Crippen molar-refractivity contribution < 1.29 is 26.7 Å². The predicted octanol–water partition coefficient (Wildman–Crippen LogP) is -0.750. The van der Waals surface area contributed by atoms with Crippen LogP contribution >= 0.6 is 0 Å². The Labute approximate surface area is 156 Å². The van der Waals surface area contributed by atoms with E-state index in [0.717, 1.165) is 5.56 Å². The number of anilines is 1. The van der Waals surface area contributed by atoms with E-state index in [0.29, 0.717) is 29.3 Å². The molecule has 0 aliphatic rings. The number of halogens is 1. The lowest BCUT2D eigenvalue weighted by molar-refractivity contribution is -0.671. The minimum atomic E-state index is -0.0879. The van der Waals surface area contributed by atoms with Crippen molar-refractivity contribution in [2.75, 3.05) is 5.73 Å². The van der Waals surface area contributed by atoms with Crippen LogP contribution in [-0.4, -0.2) is 14.9 Å². The van der Waals surface area contributed by atoms with E-state index in [-0.39, 0.29) is 23.6 Å². The van der Waals surface area contributed by atoms with Crippen LogP contribution in [0.4, 0.5) is 17.2 Å². The summed E-state index contributed by atoms with van der Waals surface area (Å²) in [5.41, 5.74) is 9.03. The van der Waals surface area contributed by atoms with Crippen molar-refractivity contribution in [3.8, 4) is 0 Å². The number of aromatic nitrogens is 3. The summed E-state index contributed by atoms with van der Waals surface area (Å²) in [4.78, 5) is 0. The smallest absolute Gasteiger partial charge is 0.168 e. The van der Waals surface area contributed by atoms with Crippen molar-refractivity contribution >= 4 is 17.2 Å². The fraction of sp³-hybridized carbons (Fsp3) is 0.176. The molecule has 2 aromatic heterocycles. The summed E-state index contributed by atoms with van der Waals surface area (Å²) in [7, 11) is 1.97. The first-order valence-electron chi connectivity index (χ1n) is 7.53. The second kappa shape index (κ2) is 8.50. The van der Waals surface area contributed by atoms with Gasteiger partial charge in [-0.3, -0.25) is 0 Å². The van der Waals surface area contributed by atoms with Crippen LogP contribution in [0.15, 0.2) is 65.2 Å². The zero-order valence-corrected chi connectivity index (χ0v) is 15.3. The van der Waals surface area contributed by atoms with Crippen LogP contribution in [0.1, 0.15) is 11.1 Å². The van der Waals surface area contributed by atoms with Crippen molar-refractivity contribution in [1.29, 1.82) is 0 Å². The van der Waals surface area contributed by atoms with Crippen LogP contribution in [0.2, 0.25) is 0 Å². The van der Waals surface area contributed by atoms with Crippen molar-refractivity contribution in [3.63, 3.8) is 0 Å². The van der Waals surface area contributed by atoms with Gasteiger partial charge in [0.2, 0.25) is 0 Å². The number of nitrogen functional groups attached to an aromatic ring is 1. The van der Waals surface area contributed by atoms with Gasteiger partial charge in [-0.1, -0.05) is 18.2 Å². The lowest BCUT2D eigenvalue weighted by atomic mass is 10.2. The number of aliphatic hydroxyl groups is 1. The van der Waals surface area contributed by atoms with E-state index in [1.54, 1.807) is 23.0 Å². The van der Waals surface area contributed by atoms with Crippen LogP contribution in [0, 0.1) is 0 Å². The number of aliphatic hydroxyl groups excluding tert-OH is 1. The molecule has 0 amide bonds. The Kier molecular flexibility index (Phi) is 6.37. The van der Waals surface area contributed by atoms with Gasteiger partial charge in [-0.2, -0.15) is 5.10 Å². The first-order valence-corrected chi connectivity index (χ1v) is 7.53. The number of pyridine rings is 1. The van der Waals surface area contributed by atoms with E-state index in [1.165, 1.54) is 0 Å². The molecule has 3 aromatic rings. The maximum atomic E-state index is 9.31. The van der Waals surface area contributed by atoms with E-state index in [2.05, 4.69) is 15.3 Å². The molecule has 7 nitrogen and oxygen atoms in total. The maximum Gasteiger partial charge on any atom is 0.168 e. The van der Waals surface area contributed by atoms with Crippen molar-refractivity contribution in [1.82, 2.24) is 9.78 Å². The van der Waals surface area contributed by atoms with Gasteiger partial charge in [-0.15, -0.1) is 10.2 Å². The molecule has 0 spiro atoms. The first-order chi connectivity index (χ1) is 11.7. The molecule has 1 aromatic carbocycles. The number of nitrogens with two attached hydrogens (primary N) is 1. The monoisotopic (exact) mass is 402 g/mol. The average molecular weight is 403 g/mol. The zero-order chi connectivity index (χ0) is 16.9. The van der Waals surface area contributed by atoms with Gasteiger partial charge in [0.1, 0.15) is 18.6 Å². The van der Waals surface area contributed by atoms with E-state index in [4.69, 9.17) is 5.73 Å². The van der Waals surface area contributed by atoms with Crippen molar-refractivity contribution in [2.45, 2.75) is 13.2 Å². The number of hydrogen-bond acceptors (Lipinski definition) is 5. The highest BCUT2D eigenvalue weighted by Gasteiger charge is 2.08. The molecular weight excluding hydrogens is 384 g/mol. The quantitative estimate of drug-likeness (QED) is 0.434. The van der Waals surface area contributed by atoms with Gasteiger partial charge in [0.15, 0.2) is 12.4 Å². The van der Waals surface area contributed by atoms with Gasteiger partial charge >= 0.3 is 0 Å². The molecule has 0 aliphatic carbocycles. The molecule has 0 aliphatic heterocycles. The van der Waals surface area contributed by atoms with Crippen molar-refractivity contribution in [3.05, 3.63) is 66.1 Å². The molecule has 3 rings (SSSR count).